The number of nitrogens with zero attached hydrogens (tertiary/aromatic N) is 2. The lowest BCUT2D eigenvalue weighted by molar-refractivity contribution is -0.149. The molecule has 2 fully saturated rings. The molecule has 2 aliphatic rings. The van der Waals surface area contributed by atoms with Crippen LogP contribution >= 0.6 is 0 Å². The summed E-state index contributed by atoms with van der Waals surface area (Å²) in [6.45, 7) is 3.68. The first-order valence-corrected chi connectivity index (χ1v) is 10.1. The molecule has 2 aliphatic heterocycles. The molecule has 2 saturated heterocycles. The molecule has 0 saturated carbocycles. The second-order valence-corrected chi connectivity index (χ2v) is 7.58. The summed E-state index contributed by atoms with van der Waals surface area (Å²) in [4.78, 5) is 30.2. The van der Waals surface area contributed by atoms with Crippen LogP contribution in [0.25, 0.3) is 0 Å². The molecular weight excluding hydrogens is 350 g/mol. The molecule has 2 heterocycles. The molecule has 4 rings (SSSR count). The van der Waals surface area contributed by atoms with Crippen LogP contribution in [-0.2, 0) is 16.1 Å². The highest BCUT2D eigenvalue weighted by Crippen LogP contribution is 2.38. The number of hydrogen-bond donors (Lipinski definition) is 1. The van der Waals surface area contributed by atoms with Crippen LogP contribution in [0.1, 0.15) is 30.0 Å². The second kappa shape index (κ2) is 8.57. The highest BCUT2D eigenvalue weighted by Gasteiger charge is 2.42. The number of nitrogens with one attached hydrogen (secondary N) is 1. The Labute approximate surface area is 166 Å². The van der Waals surface area contributed by atoms with Gasteiger partial charge in [-0.25, -0.2) is 0 Å². The summed E-state index contributed by atoms with van der Waals surface area (Å²) >= 11 is 0. The van der Waals surface area contributed by atoms with Crippen LogP contribution in [0.15, 0.2) is 60.7 Å². The molecule has 0 bridgehead atoms. The number of piperidine rings is 1. The van der Waals surface area contributed by atoms with E-state index in [1.54, 1.807) is 0 Å². The molecule has 2 aromatic rings. The van der Waals surface area contributed by atoms with Gasteiger partial charge in [0.25, 0.3) is 0 Å². The van der Waals surface area contributed by atoms with E-state index in [-0.39, 0.29) is 23.8 Å². The standard InChI is InChI=1S/C23H27N3O2/c27-21-12-11-20(23(28)25-15-13-24-14-16-25)22(19-9-5-2-6-10-19)26(21)17-18-7-3-1-4-8-18/h1-10,20,22,24H,11-17H2. The molecular formula is C23H27N3O2. The lowest BCUT2D eigenvalue weighted by Crippen LogP contribution is -2.53. The van der Waals surface area contributed by atoms with Gasteiger partial charge in [-0.15, -0.1) is 0 Å². The van der Waals surface area contributed by atoms with Crippen LogP contribution in [0.3, 0.4) is 0 Å². The third-order valence-corrected chi connectivity index (χ3v) is 5.79. The molecule has 0 aliphatic carbocycles. The molecule has 2 amide bonds. The second-order valence-electron chi connectivity index (χ2n) is 7.58. The van der Waals surface area contributed by atoms with Crippen molar-refractivity contribution in [3.05, 3.63) is 71.8 Å². The summed E-state index contributed by atoms with van der Waals surface area (Å²) in [7, 11) is 0. The highest BCUT2D eigenvalue weighted by molar-refractivity contribution is 5.85. The van der Waals surface area contributed by atoms with E-state index < -0.39 is 0 Å². The van der Waals surface area contributed by atoms with Gasteiger partial charge in [0.2, 0.25) is 11.8 Å². The summed E-state index contributed by atoms with van der Waals surface area (Å²) in [5, 5.41) is 3.31. The van der Waals surface area contributed by atoms with E-state index in [2.05, 4.69) is 5.32 Å². The normalized spacial score (nSPS) is 22.9. The lowest BCUT2D eigenvalue weighted by atomic mass is 9.82. The number of carbonyl (C=O) groups excluding carboxylic acids is 2. The lowest BCUT2D eigenvalue weighted by Gasteiger charge is -2.43. The largest absolute Gasteiger partial charge is 0.340 e. The molecule has 146 valence electrons. The van der Waals surface area contributed by atoms with Gasteiger partial charge in [0.05, 0.1) is 12.0 Å². The molecule has 0 spiro atoms. The zero-order chi connectivity index (χ0) is 19.3. The van der Waals surface area contributed by atoms with E-state index in [9.17, 15) is 9.59 Å². The van der Waals surface area contributed by atoms with Gasteiger partial charge in [0.15, 0.2) is 0 Å². The molecule has 0 aromatic heterocycles. The van der Waals surface area contributed by atoms with Crippen LogP contribution in [-0.4, -0.2) is 47.8 Å². The molecule has 2 atom stereocenters. The van der Waals surface area contributed by atoms with E-state index in [0.29, 0.717) is 19.4 Å². The minimum atomic E-state index is -0.218. The number of carbonyl (C=O) groups is 2. The Morgan fingerprint density at radius 1 is 0.964 bits per heavy atom. The number of benzene rings is 2. The summed E-state index contributed by atoms with van der Waals surface area (Å²) in [5.74, 6) is 0.116. The third-order valence-electron chi connectivity index (χ3n) is 5.79. The Balaban J connectivity index is 1.66. The third kappa shape index (κ3) is 3.94. The fraction of sp³-hybridized carbons (Fsp3) is 0.391. The minimum absolute atomic E-state index is 0.127. The van der Waals surface area contributed by atoms with Crippen molar-refractivity contribution in [3.63, 3.8) is 0 Å². The van der Waals surface area contributed by atoms with Crippen molar-refractivity contribution < 1.29 is 9.59 Å². The first kappa shape index (κ1) is 18.7. The Kier molecular flexibility index (Phi) is 5.72. The number of hydrogen-bond acceptors (Lipinski definition) is 3. The first-order valence-electron chi connectivity index (χ1n) is 10.1. The fourth-order valence-corrected chi connectivity index (χ4v) is 4.36. The maximum Gasteiger partial charge on any atom is 0.228 e. The smallest absolute Gasteiger partial charge is 0.228 e. The molecule has 1 N–H and O–H groups in total. The van der Waals surface area contributed by atoms with Gasteiger partial charge in [-0.1, -0.05) is 60.7 Å². The first-order chi connectivity index (χ1) is 13.7. The van der Waals surface area contributed by atoms with E-state index in [4.69, 9.17) is 0 Å². The van der Waals surface area contributed by atoms with Crippen molar-refractivity contribution in [2.75, 3.05) is 26.2 Å². The monoisotopic (exact) mass is 377 g/mol. The fourth-order valence-electron chi connectivity index (χ4n) is 4.36. The summed E-state index contributed by atoms with van der Waals surface area (Å²) in [6.07, 6.45) is 1.05. The van der Waals surface area contributed by atoms with Gasteiger partial charge >= 0.3 is 0 Å². The topological polar surface area (TPSA) is 52.7 Å². The Bertz CT molecular complexity index is 803. The number of likely N-dealkylation sites (tertiary alicyclic amines) is 1. The molecule has 5 heteroatoms. The zero-order valence-corrected chi connectivity index (χ0v) is 16.1. The Hall–Kier alpha value is -2.66. The van der Waals surface area contributed by atoms with E-state index in [1.807, 2.05) is 70.5 Å². The molecule has 5 nitrogen and oxygen atoms in total. The van der Waals surface area contributed by atoms with Crippen LogP contribution in [0.5, 0.6) is 0 Å². The summed E-state index contributed by atoms with van der Waals surface area (Å²) in [5.41, 5.74) is 2.13. The van der Waals surface area contributed by atoms with Gasteiger partial charge in [0.1, 0.15) is 0 Å². The number of amides is 2. The Morgan fingerprint density at radius 3 is 2.29 bits per heavy atom. The quantitative estimate of drug-likeness (QED) is 0.891. The van der Waals surface area contributed by atoms with E-state index in [0.717, 1.165) is 37.3 Å². The van der Waals surface area contributed by atoms with Crippen molar-refractivity contribution in [2.45, 2.75) is 25.4 Å². The molecule has 0 radical (unpaired) electrons. The van der Waals surface area contributed by atoms with Crippen LogP contribution in [0, 0.1) is 5.92 Å². The molecule has 2 aromatic carbocycles. The number of piperazine rings is 1. The maximum absolute atomic E-state index is 13.4. The highest BCUT2D eigenvalue weighted by atomic mass is 16.2. The van der Waals surface area contributed by atoms with Crippen molar-refractivity contribution in [3.8, 4) is 0 Å². The summed E-state index contributed by atoms with van der Waals surface area (Å²) in [6, 6.07) is 19.9. The van der Waals surface area contributed by atoms with Gasteiger partial charge in [0, 0.05) is 39.1 Å². The van der Waals surface area contributed by atoms with Crippen molar-refractivity contribution >= 4 is 11.8 Å². The van der Waals surface area contributed by atoms with Crippen LogP contribution < -0.4 is 5.32 Å². The maximum atomic E-state index is 13.4. The van der Waals surface area contributed by atoms with Crippen molar-refractivity contribution in [1.29, 1.82) is 0 Å². The average Bonchev–Trinajstić information content (AvgIpc) is 2.76. The number of rotatable bonds is 4. The van der Waals surface area contributed by atoms with Gasteiger partial charge in [-0.3, -0.25) is 9.59 Å². The molecule has 2 unspecified atom stereocenters. The van der Waals surface area contributed by atoms with E-state index in [1.165, 1.54) is 0 Å². The van der Waals surface area contributed by atoms with Gasteiger partial charge in [-0.05, 0) is 17.5 Å². The predicted molar refractivity (Wildman–Crippen MR) is 108 cm³/mol. The van der Waals surface area contributed by atoms with Gasteiger partial charge < -0.3 is 15.1 Å². The zero-order valence-electron chi connectivity index (χ0n) is 16.1. The SMILES string of the molecule is O=C(C1CCC(=O)N(Cc2ccccc2)C1c1ccccc1)N1CCNCC1. The van der Waals surface area contributed by atoms with Crippen LogP contribution in [0.4, 0.5) is 0 Å². The Morgan fingerprint density at radius 2 is 1.61 bits per heavy atom. The van der Waals surface area contributed by atoms with Crippen LogP contribution in [0.2, 0.25) is 0 Å². The molecule has 28 heavy (non-hydrogen) atoms. The van der Waals surface area contributed by atoms with Gasteiger partial charge in [-0.2, -0.15) is 0 Å². The predicted octanol–water partition coefficient (Wildman–Crippen LogP) is 2.60. The minimum Gasteiger partial charge on any atom is -0.340 e. The van der Waals surface area contributed by atoms with E-state index >= 15 is 0 Å². The van der Waals surface area contributed by atoms with Crippen molar-refractivity contribution in [1.82, 2.24) is 15.1 Å². The summed E-state index contributed by atoms with van der Waals surface area (Å²) < 4.78 is 0. The average molecular weight is 377 g/mol. The van der Waals surface area contributed by atoms with Crippen molar-refractivity contribution in [2.24, 2.45) is 5.92 Å².